The predicted molar refractivity (Wildman–Crippen MR) is 85.0 cm³/mol. The van der Waals surface area contributed by atoms with E-state index in [0.29, 0.717) is 6.42 Å². The monoisotopic (exact) mass is 351 g/mol. The Balaban J connectivity index is 1.82. The highest BCUT2D eigenvalue weighted by Crippen LogP contribution is 2.29. The minimum Gasteiger partial charge on any atom is -0.391 e. The van der Waals surface area contributed by atoms with Gasteiger partial charge < -0.3 is 10.4 Å². The molecule has 25 heavy (non-hydrogen) atoms. The third-order valence-corrected chi connectivity index (χ3v) is 3.78. The topological polar surface area (TPSA) is 75.3 Å². The average Bonchev–Trinajstić information content (AvgIpc) is 3.03. The van der Waals surface area contributed by atoms with E-state index in [0.717, 1.165) is 18.0 Å². The van der Waals surface area contributed by atoms with Crippen LogP contribution >= 0.6 is 0 Å². The van der Waals surface area contributed by atoms with E-state index in [2.05, 4.69) is 20.4 Å². The maximum Gasteiger partial charge on any atom is 0.433 e. The first-order chi connectivity index (χ1) is 11.8. The summed E-state index contributed by atoms with van der Waals surface area (Å²) in [6.45, 7) is 1.68. The van der Waals surface area contributed by atoms with Crippen molar-refractivity contribution in [1.29, 1.82) is 0 Å². The van der Waals surface area contributed by atoms with Gasteiger partial charge in [-0.25, -0.2) is 4.98 Å². The lowest BCUT2D eigenvalue weighted by molar-refractivity contribution is -0.141. The first-order valence-electron chi connectivity index (χ1n) is 7.61. The molecule has 2 heterocycles. The molecule has 0 aliphatic rings. The van der Waals surface area contributed by atoms with Gasteiger partial charge in [0.05, 0.1) is 12.1 Å². The summed E-state index contributed by atoms with van der Waals surface area (Å²) in [6, 6.07) is 9.67. The second kappa shape index (κ2) is 6.67. The standard InChI is InChI=1S/C16H16F3N5O/c1-10(12(25)7-11-5-3-2-4-6-11)22-14-8-13(16(17,18)19)23-15-20-9-21-24(14)15/h2-6,8-10,12,22,25H,7H2,1H3. The number of aliphatic hydroxyl groups excluding tert-OH is 1. The van der Waals surface area contributed by atoms with Crippen LogP contribution in [0.1, 0.15) is 18.2 Å². The Bertz CT molecular complexity index is 850. The number of aliphatic hydroxyl groups is 1. The van der Waals surface area contributed by atoms with E-state index in [1.165, 1.54) is 4.52 Å². The lowest BCUT2D eigenvalue weighted by Crippen LogP contribution is -2.33. The van der Waals surface area contributed by atoms with Crippen molar-refractivity contribution in [3.8, 4) is 0 Å². The van der Waals surface area contributed by atoms with E-state index in [-0.39, 0.29) is 11.6 Å². The Kier molecular flexibility index (Phi) is 4.58. The molecule has 2 unspecified atom stereocenters. The van der Waals surface area contributed by atoms with Crippen molar-refractivity contribution in [2.45, 2.75) is 31.7 Å². The quantitative estimate of drug-likeness (QED) is 0.739. The molecule has 2 N–H and O–H groups in total. The molecule has 1 aromatic carbocycles. The van der Waals surface area contributed by atoms with Crippen molar-refractivity contribution in [2.24, 2.45) is 0 Å². The number of halogens is 3. The van der Waals surface area contributed by atoms with Crippen LogP contribution in [0.4, 0.5) is 19.0 Å². The van der Waals surface area contributed by atoms with Crippen LogP contribution in [0.2, 0.25) is 0 Å². The van der Waals surface area contributed by atoms with Gasteiger partial charge in [0.25, 0.3) is 5.78 Å². The molecule has 0 bridgehead atoms. The van der Waals surface area contributed by atoms with Crippen LogP contribution in [-0.4, -0.2) is 36.8 Å². The smallest absolute Gasteiger partial charge is 0.391 e. The van der Waals surface area contributed by atoms with Crippen LogP contribution in [0.5, 0.6) is 0 Å². The van der Waals surface area contributed by atoms with E-state index >= 15 is 0 Å². The van der Waals surface area contributed by atoms with Gasteiger partial charge in [0.2, 0.25) is 0 Å². The first kappa shape index (κ1) is 17.2. The predicted octanol–water partition coefficient (Wildman–Crippen LogP) is 2.55. The Morgan fingerprint density at radius 3 is 2.64 bits per heavy atom. The molecule has 132 valence electrons. The number of hydrogen-bond acceptors (Lipinski definition) is 5. The zero-order valence-electron chi connectivity index (χ0n) is 13.3. The van der Waals surface area contributed by atoms with Gasteiger partial charge in [-0.15, -0.1) is 0 Å². The third kappa shape index (κ3) is 3.87. The maximum atomic E-state index is 13.0. The molecule has 0 radical (unpaired) electrons. The number of alkyl halides is 3. The van der Waals surface area contributed by atoms with Crippen LogP contribution in [0.15, 0.2) is 42.7 Å². The average molecular weight is 351 g/mol. The molecule has 2 aromatic heterocycles. The number of aromatic nitrogens is 4. The highest BCUT2D eigenvalue weighted by Gasteiger charge is 2.34. The fourth-order valence-corrected chi connectivity index (χ4v) is 2.42. The largest absolute Gasteiger partial charge is 0.433 e. The summed E-state index contributed by atoms with van der Waals surface area (Å²) in [5, 5.41) is 17.1. The third-order valence-electron chi connectivity index (χ3n) is 3.78. The molecule has 0 amide bonds. The second-order valence-corrected chi connectivity index (χ2v) is 5.69. The van der Waals surface area contributed by atoms with E-state index in [9.17, 15) is 18.3 Å². The number of fused-ring (bicyclic) bond motifs is 1. The number of anilines is 1. The van der Waals surface area contributed by atoms with Crippen LogP contribution in [-0.2, 0) is 12.6 Å². The molecule has 3 aromatic rings. The molecule has 0 aliphatic carbocycles. The molecule has 0 fully saturated rings. The van der Waals surface area contributed by atoms with Crippen LogP contribution in [0.3, 0.4) is 0 Å². The molecule has 0 aliphatic heterocycles. The van der Waals surface area contributed by atoms with E-state index in [1.807, 2.05) is 30.3 Å². The SMILES string of the molecule is CC(Nc1cc(C(F)(F)F)nc2ncnn12)C(O)Cc1ccccc1. The first-order valence-corrected chi connectivity index (χ1v) is 7.61. The van der Waals surface area contributed by atoms with Crippen LogP contribution < -0.4 is 5.32 Å². The molecule has 0 spiro atoms. The lowest BCUT2D eigenvalue weighted by Gasteiger charge is -2.22. The van der Waals surface area contributed by atoms with Gasteiger partial charge in [0.15, 0.2) is 5.69 Å². The highest BCUT2D eigenvalue weighted by atomic mass is 19.4. The molecular formula is C16H16F3N5O. The minimum absolute atomic E-state index is 0.0643. The molecule has 0 saturated heterocycles. The van der Waals surface area contributed by atoms with Crippen molar-refractivity contribution in [1.82, 2.24) is 19.6 Å². The Morgan fingerprint density at radius 1 is 1.24 bits per heavy atom. The summed E-state index contributed by atoms with van der Waals surface area (Å²) in [5.41, 5.74) is -0.138. The highest BCUT2D eigenvalue weighted by molar-refractivity contribution is 5.46. The number of benzene rings is 1. The van der Waals surface area contributed by atoms with Crippen molar-refractivity contribution in [3.63, 3.8) is 0 Å². The van der Waals surface area contributed by atoms with Crippen molar-refractivity contribution in [2.75, 3.05) is 5.32 Å². The number of rotatable bonds is 5. The van der Waals surface area contributed by atoms with Gasteiger partial charge in [0, 0.05) is 12.5 Å². The van der Waals surface area contributed by atoms with E-state index < -0.39 is 24.0 Å². The van der Waals surface area contributed by atoms with Crippen molar-refractivity contribution in [3.05, 3.63) is 54.0 Å². The molecule has 3 rings (SSSR count). The van der Waals surface area contributed by atoms with Gasteiger partial charge in [-0.3, -0.25) is 0 Å². The van der Waals surface area contributed by atoms with Crippen LogP contribution in [0.25, 0.3) is 5.78 Å². The number of nitrogens with one attached hydrogen (secondary N) is 1. The van der Waals surface area contributed by atoms with Crippen molar-refractivity contribution < 1.29 is 18.3 Å². The summed E-state index contributed by atoms with van der Waals surface area (Å²) in [4.78, 5) is 7.16. The van der Waals surface area contributed by atoms with Crippen LogP contribution in [0, 0.1) is 0 Å². The van der Waals surface area contributed by atoms with Gasteiger partial charge in [-0.05, 0) is 12.5 Å². The van der Waals surface area contributed by atoms with Crippen molar-refractivity contribution >= 4 is 11.6 Å². The zero-order chi connectivity index (χ0) is 18.0. The van der Waals surface area contributed by atoms with Gasteiger partial charge >= 0.3 is 6.18 Å². The summed E-state index contributed by atoms with van der Waals surface area (Å²) < 4.78 is 40.1. The van der Waals surface area contributed by atoms with Gasteiger partial charge in [-0.1, -0.05) is 30.3 Å². The number of hydrogen-bond donors (Lipinski definition) is 2. The Hall–Kier alpha value is -2.68. The summed E-state index contributed by atoms with van der Waals surface area (Å²) >= 11 is 0. The Morgan fingerprint density at radius 2 is 1.96 bits per heavy atom. The maximum absolute atomic E-state index is 13.0. The lowest BCUT2D eigenvalue weighted by atomic mass is 10.0. The minimum atomic E-state index is -4.60. The fourth-order valence-electron chi connectivity index (χ4n) is 2.42. The Labute approximate surface area is 141 Å². The summed E-state index contributed by atoms with van der Waals surface area (Å²) in [7, 11) is 0. The molecule has 6 nitrogen and oxygen atoms in total. The molecule has 0 saturated carbocycles. The van der Waals surface area contributed by atoms with E-state index in [1.54, 1.807) is 6.92 Å². The van der Waals surface area contributed by atoms with Gasteiger partial charge in [-0.2, -0.15) is 27.8 Å². The summed E-state index contributed by atoms with van der Waals surface area (Å²) in [5.74, 6) is -0.100. The van der Waals surface area contributed by atoms with Gasteiger partial charge in [0.1, 0.15) is 12.1 Å². The second-order valence-electron chi connectivity index (χ2n) is 5.69. The molecule has 2 atom stereocenters. The normalized spacial score (nSPS) is 14.4. The number of nitrogens with zero attached hydrogens (tertiary/aromatic N) is 4. The molecule has 9 heteroatoms. The molecular weight excluding hydrogens is 335 g/mol. The fraction of sp³-hybridized carbons (Fsp3) is 0.312. The summed E-state index contributed by atoms with van der Waals surface area (Å²) in [6.07, 6.45) is -3.91. The van der Waals surface area contributed by atoms with E-state index in [4.69, 9.17) is 0 Å². The zero-order valence-corrected chi connectivity index (χ0v) is 13.3.